The van der Waals surface area contributed by atoms with Crippen molar-refractivity contribution >= 4 is 34.1 Å². The van der Waals surface area contributed by atoms with Crippen molar-refractivity contribution < 1.29 is 0 Å². The predicted molar refractivity (Wildman–Crippen MR) is 77.1 cm³/mol. The molecule has 1 atom stereocenters. The van der Waals surface area contributed by atoms with Gasteiger partial charge in [-0.05, 0) is 41.1 Å². The highest BCUT2D eigenvalue weighted by molar-refractivity contribution is 14.1. The maximum atomic E-state index is 5.93. The van der Waals surface area contributed by atoms with Gasteiger partial charge in [0, 0.05) is 17.9 Å². The molecule has 4 nitrogen and oxygen atoms in total. The lowest BCUT2D eigenvalue weighted by Gasteiger charge is -2.14. The molecule has 0 saturated heterocycles. The molecule has 1 aromatic carbocycles. The second-order valence-corrected chi connectivity index (χ2v) is 4.88. The number of halogens is 1. The first-order valence-corrected chi connectivity index (χ1v) is 6.33. The Labute approximate surface area is 114 Å². The Balaban J connectivity index is 2.34. The Morgan fingerprint density at radius 2 is 2.12 bits per heavy atom. The van der Waals surface area contributed by atoms with Gasteiger partial charge >= 0.3 is 0 Å². The average molecular weight is 340 g/mol. The molecule has 0 aliphatic rings. The van der Waals surface area contributed by atoms with Gasteiger partial charge in [0.05, 0.1) is 3.57 Å². The molecule has 88 valence electrons. The van der Waals surface area contributed by atoms with Crippen LogP contribution in [0.3, 0.4) is 0 Å². The van der Waals surface area contributed by atoms with E-state index in [-0.39, 0.29) is 6.04 Å². The van der Waals surface area contributed by atoms with Gasteiger partial charge in [0.2, 0.25) is 0 Å². The topological polar surface area (TPSA) is 63.8 Å². The predicted octanol–water partition coefficient (Wildman–Crippen LogP) is 2.84. The SMILES string of the molecule is CC(N)c1ccccc1Nc1ncncc1I. The Bertz CT molecular complexity index is 513. The minimum Gasteiger partial charge on any atom is -0.339 e. The molecule has 0 saturated carbocycles. The van der Waals surface area contributed by atoms with Crippen molar-refractivity contribution in [2.24, 2.45) is 5.73 Å². The number of hydrogen-bond acceptors (Lipinski definition) is 4. The van der Waals surface area contributed by atoms with Gasteiger partial charge in [0.15, 0.2) is 0 Å². The van der Waals surface area contributed by atoms with E-state index in [9.17, 15) is 0 Å². The molecule has 2 rings (SSSR count). The lowest BCUT2D eigenvalue weighted by molar-refractivity contribution is 0.820. The van der Waals surface area contributed by atoms with Crippen LogP contribution in [0, 0.1) is 3.57 Å². The van der Waals surface area contributed by atoms with Gasteiger partial charge < -0.3 is 11.1 Å². The number of nitrogens with one attached hydrogen (secondary N) is 1. The van der Waals surface area contributed by atoms with Crippen LogP contribution < -0.4 is 11.1 Å². The summed E-state index contributed by atoms with van der Waals surface area (Å²) in [7, 11) is 0. The number of nitrogens with two attached hydrogens (primary N) is 1. The summed E-state index contributed by atoms with van der Waals surface area (Å²) >= 11 is 2.20. The van der Waals surface area contributed by atoms with Gasteiger partial charge in [-0.15, -0.1) is 0 Å². The summed E-state index contributed by atoms with van der Waals surface area (Å²) in [5.41, 5.74) is 7.99. The zero-order valence-corrected chi connectivity index (χ0v) is 11.5. The van der Waals surface area contributed by atoms with Crippen LogP contribution in [0.4, 0.5) is 11.5 Å². The largest absolute Gasteiger partial charge is 0.339 e. The molecule has 0 amide bonds. The standard InChI is InChI=1S/C12H13IN4/c1-8(14)9-4-2-3-5-11(9)17-12-10(13)6-15-7-16-12/h2-8H,14H2,1H3,(H,15,16,17). The first kappa shape index (κ1) is 12.3. The second-order valence-electron chi connectivity index (χ2n) is 3.72. The first-order chi connectivity index (χ1) is 8.18. The molecule has 0 fully saturated rings. The molecule has 0 aliphatic carbocycles. The molecule has 5 heteroatoms. The van der Waals surface area contributed by atoms with Crippen molar-refractivity contribution in [3.05, 3.63) is 45.9 Å². The van der Waals surface area contributed by atoms with E-state index in [0.29, 0.717) is 0 Å². The van der Waals surface area contributed by atoms with E-state index in [1.165, 1.54) is 6.33 Å². The average Bonchev–Trinajstić information content (AvgIpc) is 2.32. The van der Waals surface area contributed by atoms with Crippen LogP contribution in [0.5, 0.6) is 0 Å². The van der Waals surface area contributed by atoms with Crippen molar-refractivity contribution in [3.63, 3.8) is 0 Å². The molecule has 1 aromatic heterocycles. The van der Waals surface area contributed by atoms with Crippen LogP contribution in [0.2, 0.25) is 0 Å². The van der Waals surface area contributed by atoms with Gasteiger partial charge in [-0.25, -0.2) is 9.97 Å². The normalized spacial score (nSPS) is 12.2. The second kappa shape index (κ2) is 5.42. The molecule has 0 spiro atoms. The summed E-state index contributed by atoms with van der Waals surface area (Å²) in [5, 5.41) is 3.28. The Kier molecular flexibility index (Phi) is 3.90. The lowest BCUT2D eigenvalue weighted by Crippen LogP contribution is -2.08. The van der Waals surface area contributed by atoms with E-state index in [4.69, 9.17) is 5.73 Å². The van der Waals surface area contributed by atoms with Gasteiger partial charge in [-0.3, -0.25) is 0 Å². The van der Waals surface area contributed by atoms with Crippen LogP contribution in [-0.4, -0.2) is 9.97 Å². The summed E-state index contributed by atoms with van der Waals surface area (Å²) in [5.74, 6) is 0.800. The Morgan fingerprint density at radius 1 is 1.35 bits per heavy atom. The van der Waals surface area contributed by atoms with E-state index in [1.54, 1.807) is 6.20 Å². The van der Waals surface area contributed by atoms with Crippen LogP contribution in [0.1, 0.15) is 18.5 Å². The first-order valence-electron chi connectivity index (χ1n) is 5.25. The third kappa shape index (κ3) is 2.92. The summed E-state index contributed by atoms with van der Waals surface area (Å²) < 4.78 is 0.976. The zero-order chi connectivity index (χ0) is 12.3. The van der Waals surface area contributed by atoms with E-state index in [0.717, 1.165) is 20.6 Å². The third-order valence-corrected chi connectivity index (χ3v) is 3.16. The van der Waals surface area contributed by atoms with Gasteiger partial charge in [0.1, 0.15) is 12.1 Å². The molecular formula is C12H13IN4. The van der Waals surface area contributed by atoms with Gasteiger partial charge in [-0.1, -0.05) is 18.2 Å². The quantitative estimate of drug-likeness (QED) is 0.844. The molecule has 1 heterocycles. The summed E-state index contributed by atoms with van der Waals surface area (Å²) in [6.45, 7) is 1.96. The molecular weight excluding hydrogens is 327 g/mol. The number of rotatable bonds is 3. The fourth-order valence-electron chi connectivity index (χ4n) is 1.54. The lowest BCUT2D eigenvalue weighted by atomic mass is 10.1. The van der Waals surface area contributed by atoms with Crippen LogP contribution in [0.15, 0.2) is 36.8 Å². The number of benzene rings is 1. The summed E-state index contributed by atoms with van der Waals surface area (Å²) in [4.78, 5) is 8.16. The smallest absolute Gasteiger partial charge is 0.147 e. The molecule has 1 unspecified atom stereocenters. The van der Waals surface area contributed by atoms with Gasteiger partial charge in [-0.2, -0.15) is 0 Å². The number of hydrogen-bond donors (Lipinski definition) is 2. The van der Waals surface area contributed by atoms with Crippen molar-refractivity contribution in [1.29, 1.82) is 0 Å². The molecule has 17 heavy (non-hydrogen) atoms. The van der Waals surface area contributed by atoms with Crippen molar-refractivity contribution in [1.82, 2.24) is 9.97 Å². The van der Waals surface area contributed by atoms with E-state index < -0.39 is 0 Å². The van der Waals surface area contributed by atoms with Gasteiger partial charge in [0.25, 0.3) is 0 Å². The molecule has 0 aliphatic heterocycles. The monoisotopic (exact) mass is 340 g/mol. The van der Waals surface area contributed by atoms with Crippen LogP contribution >= 0.6 is 22.6 Å². The fraction of sp³-hybridized carbons (Fsp3) is 0.167. The summed E-state index contributed by atoms with van der Waals surface area (Å²) in [6.07, 6.45) is 3.30. The third-order valence-electron chi connectivity index (χ3n) is 2.37. The van der Waals surface area contributed by atoms with Crippen molar-refractivity contribution in [2.45, 2.75) is 13.0 Å². The Hall–Kier alpha value is -1.21. The Morgan fingerprint density at radius 3 is 2.82 bits per heavy atom. The maximum absolute atomic E-state index is 5.93. The number of anilines is 2. The zero-order valence-electron chi connectivity index (χ0n) is 9.39. The molecule has 0 bridgehead atoms. The van der Waals surface area contributed by atoms with Crippen LogP contribution in [0.25, 0.3) is 0 Å². The number of para-hydroxylation sites is 1. The maximum Gasteiger partial charge on any atom is 0.147 e. The van der Waals surface area contributed by atoms with Crippen molar-refractivity contribution in [3.8, 4) is 0 Å². The summed E-state index contributed by atoms with van der Waals surface area (Å²) in [6, 6.07) is 7.95. The minimum atomic E-state index is -0.0156. The number of aromatic nitrogens is 2. The highest BCUT2D eigenvalue weighted by atomic mass is 127. The number of nitrogens with zero attached hydrogens (tertiary/aromatic N) is 2. The van der Waals surface area contributed by atoms with E-state index in [1.807, 2.05) is 31.2 Å². The fourth-order valence-corrected chi connectivity index (χ4v) is 1.98. The molecule has 2 aromatic rings. The van der Waals surface area contributed by atoms with Crippen molar-refractivity contribution in [2.75, 3.05) is 5.32 Å². The highest BCUT2D eigenvalue weighted by Gasteiger charge is 2.08. The highest BCUT2D eigenvalue weighted by Crippen LogP contribution is 2.25. The van der Waals surface area contributed by atoms with E-state index in [2.05, 4.69) is 37.9 Å². The molecule has 0 radical (unpaired) electrons. The molecule has 3 N–H and O–H groups in total. The van der Waals surface area contributed by atoms with Crippen LogP contribution in [-0.2, 0) is 0 Å². The van der Waals surface area contributed by atoms with E-state index >= 15 is 0 Å². The minimum absolute atomic E-state index is 0.0156.